The fourth-order valence-corrected chi connectivity index (χ4v) is 2.25. The van der Waals surface area contributed by atoms with E-state index in [0.717, 1.165) is 5.56 Å². The van der Waals surface area contributed by atoms with Crippen molar-refractivity contribution < 1.29 is 9.18 Å². The van der Waals surface area contributed by atoms with E-state index >= 15 is 0 Å². The van der Waals surface area contributed by atoms with Crippen molar-refractivity contribution in [2.24, 2.45) is 11.7 Å². The highest BCUT2D eigenvalue weighted by atomic mass is 19.1. The van der Waals surface area contributed by atoms with Crippen LogP contribution in [0.25, 0.3) is 0 Å². The Hall–Kier alpha value is -1.42. The Morgan fingerprint density at radius 3 is 2.00 bits per heavy atom. The van der Waals surface area contributed by atoms with Crippen molar-refractivity contribution >= 4 is 5.91 Å². The second kappa shape index (κ2) is 6.84. The highest BCUT2D eigenvalue weighted by molar-refractivity contribution is 5.82. The summed E-state index contributed by atoms with van der Waals surface area (Å²) in [7, 11) is 0. The first-order chi connectivity index (χ1) is 9.25. The van der Waals surface area contributed by atoms with E-state index in [1.54, 1.807) is 17.0 Å². The minimum absolute atomic E-state index is 0.0346. The van der Waals surface area contributed by atoms with Gasteiger partial charge in [0.2, 0.25) is 5.91 Å². The summed E-state index contributed by atoms with van der Waals surface area (Å²) < 4.78 is 13.0. The van der Waals surface area contributed by atoms with Crippen LogP contribution in [0, 0.1) is 11.7 Å². The van der Waals surface area contributed by atoms with Crippen molar-refractivity contribution in [1.82, 2.24) is 4.90 Å². The molecule has 0 spiro atoms. The fraction of sp³-hybridized carbons (Fsp3) is 0.562. The minimum Gasteiger partial charge on any atom is -0.332 e. The van der Waals surface area contributed by atoms with Crippen LogP contribution in [0.5, 0.6) is 0 Å². The zero-order valence-electron chi connectivity index (χ0n) is 12.9. The van der Waals surface area contributed by atoms with Gasteiger partial charge in [-0.1, -0.05) is 26.0 Å². The highest BCUT2D eigenvalue weighted by Crippen LogP contribution is 2.24. The van der Waals surface area contributed by atoms with Crippen molar-refractivity contribution in [3.8, 4) is 0 Å². The lowest BCUT2D eigenvalue weighted by atomic mass is 9.99. The predicted octanol–water partition coefficient (Wildman–Crippen LogP) is 3.11. The minimum atomic E-state index is -0.514. The molecule has 0 heterocycles. The Kier molecular flexibility index (Phi) is 5.69. The number of nitrogens with two attached hydrogens (primary N) is 1. The predicted molar refractivity (Wildman–Crippen MR) is 79.6 cm³/mol. The molecule has 20 heavy (non-hydrogen) atoms. The number of rotatable bonds is 5. The normalized spacial score (nSPS) is 14.4. The molecule has 0 aromatic heterocycles. The molecule has 0 aliphatic rings. The Morgan fingerprint density at radius 1 is 1.10 bits per heavy atom. The maximum atomic E-state index is 13.0. The first kappa shape index (κ1) is 16.6. The largest absolute Gasteiger partial charge is 0.332 e. The van der Waals surface area contributed by atoms with Gasteiger partial charge < -0.3 is 10.6 Å². The molecular formula is C16H25FN2O. The molecule has 0 aliphatic heterocycles. The lowest BCUT2D eigenvalue weighted by molar-refractivity contribution is -0.137. The quantitative estimate of drug-likeness (QED) is 0.901. The molecule has 1 aromatic rings. The summed E-state index contributed by atoms with van der Waals surface area (Å²) in [4.78, 5) is 14.3. The summed E-state index contributed by atoms with van der Waals surface area (Å²) >= 11 is 0. The summed E-state index contributed by atoms with van der Waals surface area (Å²) in [6.45, 7) is 9.74. The number of nitrogens with zero attached hydrogens (tertiary/aromatic N) is 1. The average molecular weight is 280 g/mol. The van der Waals surface area contributed by atoms with E-state index in [1.807, 2.05) is 34.6 Å². The van der Waals surface area contributed by atoms with E-state index in [2.05, 4.69) is 0 Å². The Bertz CT molecular complexity index is 442. The summed E-state index contributed by atoms with van der Waals surface area (Å²) in [5, 5.41) is 0. The summed E-state index contributed by atoms with van der Waals surface area (Å²) in [5.74, 6) is -0.252. The number of carbonyl (C=O) groups excluding carboxylic acids is 1. The van der Waals surface area contributed by atoms with Crippen LogP contribution in [0.2, 0.25) is 0 Å². The van der Waals surface area contributed by atoms with Gasteiger partial charge in [0.05, 0.1) is 12.1 Å². The molecule has 0 unspecified atom stereocenters. The maximum Gasteiger partial charge on any atom is 0.240 e. The van der Waals surface area contributed by atoms with E-state index in [4.69, 9.17) is 5.73 Å². The molecule has 0 aliphatic carbocycles. The molecular weight excluding hydrogens is 255 g/mol. The molecule has 112 valence electrons. The van der Waals surface area contributed by atoms with Crippen LogP contribution in [0.1, 0.15) is 46.2 Å². The van der Waals surface area contributed by atoms with Crippen LogP contribution in [-0.4, -0.2) is 22.9 Å². The van der Waals surface area contributed by atoms with E-state index in [9.17, 15) is 9.18 Å². The molecule has 0 bridgehead atoms. The molecule has 2 atom stereocenters. The van der Waals surface area contributed by atoms with Crippen molar-refractivity contribution in [3.05, 3.63) is 35.6 Å². The van der Waals surface area contributed by atoms with Gasteiger partial charge in [-0.3, -0.25) is 4.79 Å². The Balaban J connectivity index is 3.01. The number of benzene rings is 1. The first-order valence-corrected chi connectivity index (χ1v) is 7.09. The third-order valence-electron chi connectivity index (χ3n) is 3.58. The highest BCUT2D eigenvalue weighted by Gasteiger charge is 2.29. The molecule has 2 N–H and O–H groups in total. The van der Waals surface area contributed by atoms with E-state index < -0.39 is 6.04 Å². The van der Waals surface area contributed by atoms with Crippen molar-refractivity contribution in [3.63, 3.8) is 0 Å². The number of halogens is 1. The van der Waals surface area contributed by atoms with Gasteiger partial charge in [-0.2, -0.15) is 0 Å². The van der Waals surface area contributed by atoms with Gasteiger partial charge >= 0.3 is 0 Å². The zero-order valence-corrected chi connectivity index (χ0v) is 12.9. The molecule has 0 saturated carbocycles. The lowest BCUT2D eigenvalue weighted by Crippen LogP contribution is -2.50. The Labute approximate surface area is 121 Å². The summed E-state index contributed by atoms with van der Waals surface area (Å²) in [5.41, 5.74) is 6.89. The SMILES string of the molecule is CC(C)[C@H](N)C(=O)N(C(C)C)[C@H](C)c1ccc(F)cc1. The molecule has 1 amide bonds. The third kappa shape index (κ3) is 3.79. The maximum absolute atomic E-state index is 13.0. The second-order valence-corrected chi connectivity index (χ2v) is 5.84. The standard InChI is InChI=1S/C16H25FN2O/c1-10(2)15(18)16(20)19(11(3)4)12(5)13-6-8-14(17)9-7-13/h6-12,15H,18H2,1-5H3/t12-,15+/m1/s1. The Morgan fingerprint density at radius 2 is 1.60 bits per heavy atom. The van der Waals surface area contributed by atoms with E-state index in [0.29, 0.717) is 0 Å². The van der Waals surface area contributed by atoms with Crippen LogP contribution in [0.4, 0.5) is 4.39 Å². The van der Waals surface area contributed by atoms with E-state index in [1.165, 1.54) is 12.1 Å². The monoisotopic (exact) mass is 280 g/mol. The molecule has 0 radical (unpaired) electrons. The number of hydrogen-bond acceptors (Lipinski definition) is 2. The molecule has 0 saturated heterocycles. The number of carbonyl (C=O) groups is 1. The van der Waals surface area contributed by atoms with Crippen LogP contribution in [0.3, 0.4) is 0 Å². The van der Waals surface area contributed by atoms with Gasteiger partial charge in [0.15, 0.2) is 0 Å². The molecule has 1 rings (SSSR count). The van der Waals surface area contributed by atoms with Crippen LogP contribution in [-0.2, 0) is 4.79 Å². The van der Waals surface area contributed by atoms with Crippen LogP contribution >= 0.6 is 0 Å². The van der Waals surface area contributed by atoms with Gasteiger partial charge in [-0.05, 0) is 44.4 Å². The van der Waals surface area contributed by atoms with Crippen LogP contribution in [0.15, 0.2) is 24.3 Å². The number of hydrogen-bond donors (Lipinski definition) is 1. The van der Waals surface area contributed by atoms with Crippen molar-refractivity contribution in [2.75, 3.05) is 0 Å². The van der Waals surface area contributed by atoms with Gasteiger partial charge in [0.1, 0.15) is 5.82 Å². The van der Waals surface area contributed by atoms with Crippen molar-refractivity contribution in [2.45, 2.75) is 52.7 Å². The van der Waals surface area contributed by atoms with Gasteiger partial charge in [-0.15, -0.1) is 0 Å². The van der Waals surface area contributed by atoms with Gasteiger partial charge in [0, 0.05) is 6.04 Å². The first-order valence-electron chi connectivity index (χ1n) is 7.09. The van der Waals surface area contributed by atoms with E-state index in [-0.39, 0.29) is 29.7 Å². The van der Waals surface area contributed by atoms with Crippen LogP contribution < -0.4 is 5.73 Å². The zero-order chi connectivity index (χ0) is 15.4. The molecule has 3 nitrogen and oxygen atoms in total. The fourth-order valence-electron chi connectivity index (χ4n) is 2.25. The smallest absolute Gasteiger partial charge is 0.240 e. The van der Waals surface area contributed by atoms with Gasteiger partial charge in [0.25, 0.3) is 0 Å². The number of amides is 1. The topological polar surface area (TPSA) is 46.3 Å². The lowest BCUT2D eigenvalue weighted by Gasteiger charge is -2.36. The van der Waals surface area contributed by atoms with Gasteiger partial charge in [-0.25, -0.2) is 4.39 Å². The molecule has 0 fully saturated rings. The second-order valence-electron chi connectivity index (χ2n) is 5.84. The molecule has 4 heteroatoms. The average Bonchev–Trinajstić information content (AvgIpc) is 2.37. The summed E-state index contributed by atoms with van der Waals surface area (Å²) in [6, 6.07) is 5.64. The summed E-state index contributed by atoms with van der Waals surface area (Å²) in [6.07, 6.45) is 0. The van der Waals surface area contributed by atoms with Crippen molar-refractivity contribution in [1.29, 1.82) is 0 Å². The molecule has 1 aromatic carbocycles. The third-order valence-corrected chi connectivity index (χ3v) is 3.58.